The molecule has 152 valence electrons. The minimum Gasteiger partial charge on any atom is -0.457 e. The molecule has 29 heavy (non-hydrogen) atoms. The van der Waals surface area contributed by atoms with E-state index in [9.17, 15) is 0 Å². The van der Waals surface area contributed by atoms with Gasteiger partial charge in [0.25, 0.3) is 0 Å². The second-order valence-electron chi connectivity index (χ2n) is 6.68. The van der Waals surface area contributed by atoms with Crippen molar-refractivity contribution in [1.82, 2.24) is 0 Å². The van der Waals surface area contributed by atoms with Crippen LogP contribution in [0.2, 0.25) is 0 Å². The molecule has 7 heteroatoms. The summed E-state index contributed by atoms with van der Waals surface area (Å²) < 4.78 is 29.1. The molecule has 1 atom stereocenters. The number of nitrogens with zero attached hydrogens (tertiary/aromatic N) is 1. The third-order valence-electron chi connectivity index (χ3n) is 4.52. The molecule has 0 aliphatic carbocycles. The van der Waals surface area contributed by atoms with Crippen LogP contribution in [0.1, 0.15) is 32.3 Å². The van der Waals surface area contributed by atoms with Gasteiger partial charge in [0.1, 0.15) is 11.5 Å². The number of rotatable bonds is 8. The molecule has 2 aromatic rings. The molecule has 6 nitrogen and oxygen atoms in total. The SMILES string of the molecule is [C-]#[N+]c1ccc(Oc2ccc(B3OCCCCO3)c(COC(C)OCC)c2)cc1. The van der Waals surface area contributed by atoms with Gasteiger partial charge in [0.15, 0.2) is 12.0 Å². The molecule has 1 unspecified atom stereocenters. The Bertz CT molecular complexity index is 813. The van der Waals surface area contributed by atoms with Gasteiger partial charge < -0.3 is 23.5 Å². The quantitative estimate of drug-likeness (QED) is 0.376. The third kappa shape index (κ3) is 6.31. The Morgan fingerprint density at radius 1 is 1.03 bits per heavy atom. The summed E-state index contributed by atoms with van der Waals surface area (Å²) in [4.78, 5) is 3.40. The van der Waals surface area contributed by atoms with Crippen LogP contribution in [-0.2, 0) is 25.4 Å². The van der Waals surface area contributed by atoms with Gasteiger partial charge in [0.2, 0.25) is 0 Å². The molecule has 1 saturated heterocycles. The molecule has 0 aromatic heterocycles. The lowest BCUT2D eigenvalue weighted by molar-refractivity contribution is -0.134. The van der Waals surface area contributed by atoms with Crippen LogP contribution in [0.15, 0.2) is 42.5 Å². The Morgan fingerprint density at radius 3 is 2.38 bits per heavy atom. The van der Waals surface area contributed by atoms with Crippen molar-refractivity contribution in [2.45, 2.75) is 39.6 Å². The largest absolute Gasteiger partial charge is 0.494 e. The molecule has 3 rings (SSSR count). The average Bonchev–Trinajstić information content (AvgIpc) is 3.03. The highest BCUT2D eigenvalue weighted by atomic mass is 16.7. The zero-order chi connectivity index (χ0) is 20.5. The fraction of sp³-hybridized carbons (Fsp3) is 0.409. The zero-order valence-corrected chi connectivity index (χ0v) is 16.9. The van der Waals surface area contributed by atoms with Gasteiger partial charge in [-0.05, 0) is 62.0 Å². The van der Waals surface area contributed by atoms with E-state index in [1.165, 1.54) is 0 Å². The van der Waals surface area contributed by atoms with Crippen molar-refractivity contribution in [2.75, 3.05) is 19.8 Å². The Kier molecular flexibility index (Phi) is 8.08. The summed E-state index contributed by atoms with van der Waals surface area (Å²) >= 11 is 0. The molecule has 2 aromatic carbocycles. The van der Waals surface area contributed by atoms with Gasteiger partial charge >= 0.3 is 7.12 Å². The zero-order valence-electron chi connectivity index (χ0n) is 16.9. The Hall–Kier alpha value is -2.37. The molecule has 0 spiro atoms. The fourth-order valence-corrected chi connectivity index (χ4v) is 3.03. The predicted octanol–water partition coefficient (Wildman–Crippen LogP) is 4.45. The van der Waals surface area contributed by atoms with Crippen LogP contribution in [0.5, 0.6) is 11.5 Å². The first-order valence-electron chi connectivity index (χ1n) is 9.94. The summed E-state index contributed by atoms with van der Waals surface area (Å²) in [6, 6.07) is 12.8. The maximum Gasteiger partial charge on any atom is 0.494 e. The van der Waals surface area contributed by atoms with E-state index in [0.29, 0.717) is 43.6 Å². The number of ether oxygens (including phenoxy) is 3. The highest BCUT2D eigenvalue weighted by Gasteiger charge is 2.26. The topological polar surface area (TPSA) is 50.5 Å². The highest BCUT2D eigenvalue weighted by molar-refractivity contribution is 6.61. The Labute approximate surface area is 172 Å². The van der Waals surface area contributed by atoms with Crippen LogP contribution >= 0.6 is 0 Å². The smallest absolute Gasteiger partial charge is 0.457 e. The predicted molar refractivity (Wildman–Crippen MR) is 112 cm³/mol. The normalized spacial score (nSPS) is 15.4. The van der Waals surface area contributed by atoms with Gasteiger partial charge in [0, 0.05) is 19.8 Å². The summed E-state index contributed by atoms with van der Waals surface area (Å²) in [6.45, 7) is 13.1. The minimum absolute atomic E-state index is 0.311. The van der Waals surface area contributed by atoms with E-state index in [1.54, 1.807) is 24.3 Å². The monoisotopic (exact) mass is 395 g/mol. The molecule has 0 bridgehead atoms. The summed E-state index contributed by atoms with van der Waals surface area (Å²) in [5.74, 6) is 1.35. The molecule has 1 heterocycles. The van der Waals surface area contributed by atoms with Crippen LogP contribution in [0.4, 0.5) is 5.69 Å². The van der Waals surface area contributed by atoms with Crippen LogP contribution < -0.4 is 10.2 Å². The van der Waals surface area contributed by atoms with Gasteiger partial charge in [-0.2, -0.15) is 0 Å². The van der Waals surface area contributed by atoms with Crippen molar-refractivity contribution < 1.29 is 23.5 Å². The molecular weight excluding hydrogens is 369 g/mol. The minimum atomic E-state index is -0.412. The maximum absolute atomic E-state index is 7.05. The van der Waals surface area contributed by atoms with Crippen LogP contribution in [-0.4, -0.2) is 33.2 Å². The first kappa shape index (κ1) is 21.3. The summed E-state index contributed by atoms with van der Waals surface area (Å²) in [7, 11) is -0.412. The van der Waals surface area contributed by atoms with E-state index >= 15 is 0 Å². The van der Waals surface area contributed by atoms with Crippen LogP contribution in [0.25, 0.3) is 4.85 Å². The first-order chi connectivity index (χ1) is 14.2. The second kappa shape index (κ2) is 11.0. The van der Waals surface area contributed by atoms with E-state index in [0.717, 1.165) is 23.9 Å². The lowest BCUT2D eigenvalue weighted by Crippen LogP contribution is -2.39. The fourth-order valence-electron chi connectivity index (χ4n) is 3.03. The Balaban J connectivity index is 1.80. The van der Waals surface area contributed by atoms with Crippen molar-refractivity contribution in [1.29, 1.82) is 0 Å². The summed E-state index contributed by atoms with van der Waals surface area (Å²) in [5.41, 5.74) is 2.44. The van der Waals surface area contributed by atoms with Crippen LogP contribution in [0, 0.1) is 6.57 Å². The van der Waals surface area contributed by atoms with Crippen LogP contribution in [0.3, 0.4) is 0 Å². The lowest BCUT2D eigenvalue weighted by Gasteiger charge is -2.19. The van der Waals surface area contributed by atoms with E-state index in [4.69, 9.17) is 30.1 Å². The first-order valence-corrected chi connectivity index (χ1v) is 9.94. The van der Waals surface area contributed by atoms with Gasteiger partial charge in [-0.1, -0.05) is 18.2 Å². The van der Waals surface area contributed by atoms with Crippen molar-refractivity contribution in [2.24, 2.45) is 0 Å². The van der Waals surface area contributed by atoms with E-state index in [2.05, 4.69) is 4.85 Å². The summed E-state index contributed by atoms with van der Waals surface area (Å²) in [6.07, 6.45) is 1.67. The molecular formula is C22H26BNO5. The number of benzene rings is 2. The van der Waals surface area contributed by atoms with E-state index in [1.807, 2.05) is 32.0 Å². The lowest BCUT2D eigenvalue weighted by atomic mass is 9.75. The molecule has 1 fully saturated rings. The van der Waals surface area contributed by atoms with Gasteiger partial charge in [0.05, 0.1) is 13.2 Å². The molecule has 1 aliphatic heterocycles. The Morgan fingerprint density at radius 2 is 1.72 bits per heavy atom. The molecule has 0 saturated carbocycles. The van der Waals surface area contributed by atoms with Gasteiger partial charge in [-0.3, -0.25) is 0 Å². The van der Waals surface area contributed by atoms with E-state index in [-0.39, 0.29) is 6.29 Å². The van der Waals surface area contributed by atoms with Crippen molar-refractivity contribution in [3.63, 3.8) is 0 Å². The standard InChI is InChI=1S/C22H26BNO5/c1-4-25-17(2)26-16-18-15-21(29-20-9-7-19(24-3)8-10-20)11-12-22(18)23-27-13-5-6-14-28-23/h7-12,15,17H,4-6,13-14,16H2,1-2H3. The van der Waals surface area contributed by atoms with E-state index < -0.39 is 7.12 Å². The second-order valence-corrected chi connectivity index (χ2v) is 6.68. The summed E-state index contributed by atoms with van der Waals surface area (Å²) in [5, 5.41) is 0. The average molecular weight is 395 g/mol. The molecule has 1 aliphatic rings. The van der Waals surface area contributed by atoms with Crippen molar-refractivity contribution in [3.8, 4) is 11.5 Å². The number of hydrogen-bond donors (Lipinski definition) is 0. The third-order valence-corrected chi connectivity index (χ3v) is 4.52. The van der Waals surface area contributed by atoms with Gasteiger partial charge in [-0.25, -0.2) is 4.85 Å². The van der Waals surface area contributed by atoms with Crippen molar-refractivity contribution in [3.05, 3.63) is 59.4 Å². The molecule has 0 N–H and O–H groups in total. The maximum atomic E-state index is 7.05. The van der Waals surface area contributed by atoms with Crippen molar-refractivity contribution >= 4 is 18.3 Å². The molecule has 0 radical (unpaired) electrons. The highest BCUT2D eigenvalue weighted by Crippen LogP contribution is 2.25. The van der Waals surface area contributed by atoms with Gasteiger partial charge in [-0.15, -0.1) is 0 Å². The molecule has 0 amide bonds. The number of hydrogen-bond acceptors (Lipinski definition) is 5.